The van der Waals surface area contributed by atoms with Crippen molar-refractivity contribution in [3.8, 4) is 11.1 Å². The lowest BCUT2D eigenvalue weighted by Crippen LogP contribution is -2.57. The highest BCUT2D eigenvalue weighted by atomic mass is 19.4. The number of halogens is 4. The molecule has 0 aromatic heterocycles. The van der Waals surface area contributed by atoms with Gasteiger partial charge in [-0.05, 0) is 80.1 Å². The molecular formula is C24H27F4N3O2. The number of anilines is 1. The Balaban J connectivity index is 1.88. The second kappa shape index (κ2) is 9.91. The smallest absolute Gasteiger partial charge is 0.343 e. The Labute approximate surface area is 189 Å². The van der Waals surface area contributed by atoms with Crippen molar-refractivity contribution < 1.29 is 27.2 Å². The number of carbonyl (C=O) groups excluding carboxylic acids is 2. The van der Waals surface area contributed by atoms with Gasteiger partial charge in [-0.3, -0.25) is 9.59 Å². The molecular weight excluding hydrogens is 438 g/mol. The molecule has 178 valence electrons. The van der Waals surface area contributed by atoms with Gasteiger partial charge in [0.2, 0.25) is 5.91 Å². The predicted molar refractivity (Wildman–Crippen MR) is 118 cm³/mol. The lowest BCUT2D eigenvalue weighted by molar-refractivity contribution is -0.176. The quantitative estimate of drug-likeness (QED) is 0.548. The molecule has 5 nitrogen and oxygen atoms in total. The molecule has 2 aromatic rings. The number of benzene rings is 2. The number of alkyl halides is 3. The Morgan fingerprint density at radius 3 is 2.18 bits per heavy atom. The molecule has 2 amide bonds. The number of nitrogens with one attached hydrogen (secondary N) is 3. The first-order chi connectivity index (χ1) is 15.5. The lowest BCUT2D eigenvalue weighted by Gasteiger charge is -2.41. The van der Waals surface area contributed by atoms with E-state index in [1.54, 1.807) is 43.4 Å². The SMILES string of the molecule is CNC1CCC(Cc2cc(-c3ccc(NC(C)=O)cc3)ccc2F)(NC(=O)C(F)(F)F)CC1. The molecule has 0 radical (unpaired) electrons. The van der Waals surface area contributed by atoms with Crippen LogP contribution < -0.4 is 16.0 Å². The van der Waals surface area contributed by atoms with Gasteiger partial charge in [0.25, 0.3) is 0 Å². The molecule has 1 aliphatic rings. The maximum absolute atomic E-state index is 14.7. The van der Waals surface area contributed by atoms with Gasteiger partial charge in [0.15, 0.2) is 0 Å². The summed E-state index contributed by atoms with van der Waals surface area (Å²) in [5.41, 5.74) is 1.11. The Morgan fingerprint density at radius 2 is 1.64 bits per heavy atom. The average molecular weight is 465 g/mol. The minimum atomic E-state index is -5.01. The zero-order chi connectivity index (χ0) is 24.2. The van der Waals surface area contributed by atoms with E-state index in [9.17, 15) is 27.2 Å². The maximum Gasteiger partial charge on any atom is 0.471 e. The van der Waals surface area contributed by atoms with Gasteiger partial charge in [0.05, 0.1) is 0 Å². The van der Waals surface area contributed by atoms with E-state index in [1.165, 1.54) is 13.0 Å². The Hall–Kier alpha value is -2.94. The van der Waals surface area contributed by atoms with Crippen LogP contribution in [0.2, 0.25) is 0 Å². The summed E-state index contributed by atoms with van der Waals surface area (Å²) in [5, 5.41) is 7.96. The standard InChI is InChI=1S/C24H27F4N3O2/c1-15(32)30-20-6-3-16(4-7-20)17-5-8-21(25)18(13-17)14-23(31-22(33)24(26,27)28)11-9-19(29-2)10-12-23/h3-8,13,19,29H,9-12,14H2,1-2H3,(H,30,32)(H,31,33). The largest absolute Gasteiger partial charge is 0.471 e. The molecule has 0 heterocycles. The van der Waals surface area contributed by atoms with Gasteiger partial charge >= 0.3 is 12.1 Å². The summed E-state index contributed by atoms with van der Waals surface area (Å²) in [6.07, 6.45) is -3.32. The minimum Gasteiger partial charge on any atom is -0.343 e. The highest BCUT2D eigenvalue weighted by molar-refractivity contribution is 5.89. The van der Waals surface area contributed by atoms with Gasteiger partial charge in [0.1, 0.15) is 5.82 Å². The zero-order valence-electron chi connectivity index (χ0n) is 18.5. The molecule has 0 spiro atoms. The molecule has 2 aromatic carbocycles. The highest BCUT2D eigenvalue weighted by Gasteiger charge is 2.45. The van der Waals surface area contributed by atoms with E-state index in [2.05, 4.69) is 16.0 Å². The molecule has 1 saturated carbocycles. The van der Waals surface area contributed by atoms with E-state index >= 15 is 0 Å². The van der Waals surface area contributed by atoms with Crippen molar-refractivity contribution in [2.24, 2.45) is 0 Å². The first-order valence-electron chi connectivity index (χ1n) is 10.7. The fraction of sp³-hybridized carbons (Fsp3) is 0.417. The van der Waals surface area contributed by atoms with E-state index in [4.69, 9.17) is 0 Å². The number of amides is 2. The zero-order valence-corrected chi connectivity index (χ0v) is 18.5. The molecule has 0 aliphatic heterocycles. The Morgan fingerprint density at radius 1 is 1.03 bits per heavy atom. The van der Waals surface area contributed by atoms with Crippen molar-refractivity contribution in [1.82, 2.24) is 10.6 Å². The van der Waals surface area contributed by atoms with Crippen molar-refractivity contribution in [1.29, 1.82) is 0 Å². The third-order valence-electron chi connectivity index (χ3n) is 6.10. The number of rotatable bonds is 6. The first-order valence-corrected chi connectivity index (χ1v) is 10.7. The summed E-state index contributed by atoms with van der Waals surface area (Å²) in [6.45, 7) is 1.40. The van der Waals surface area contributed by atoms with E-state index < -0.39 is 23.4 Å². The summed E-state index contributed by atoms with van der Waals surface area (Å²) >= 11 is 0. The van der Waals surface area contributed by atoms with Crippen molar-refractivity contribution in [2.75, 3.05) is 12.4 Å². The number of hydrogen-bond donors (Lipinski definition) is 3. The Kier molecular flexibility index (Phi) is 7.41. The van der Waals surface area contributed by atoms with Crippen LogP contribution in [-0.4, -0.2) is 36.6 Å². The third kappa shape index (κ3) is 6.31. The molecule has 1 fully saturated rings. The monoisotopic (exact) mass is 465 g/mol. The van der Waals surface area contributed by atoms with E-state index in [1.807, 2.05) is 0 Å². The molecule has 1 aliphatic carbocycles. The average Bonchev–Trinajstić information content (AvgIpc) is 2.75. The normalized spacial score (nSPS) is 20.8. The van der Waals surface area contributed by atoms with Gasteiger partial charge in [-0.1, -0.05) is 18.2 Å². The van der Waals surface area contributed by atoms with E-state index in [0.29, 0.717) is 36.9 Å². The van der Waals surface area contributed by atoms with Crippen LogP contribution in [0.1, 0.15) is 38.2 Å². The van der Waals surface area contributed by atoms with Crippen molar-refractivity contribution in [2.45, 2.75) is 56.8 Å². The topological polar surface area (TPSA) is 70.2 Å². The van der Waals surface area contributed by atoms with Gasteiger partial charge in [-0.15, -0.1) is 0 Å². The van der Waals surface area contributed by atoms with Crippen LogP contribution >= 0.6 is 0 Å². The van der Waals surface area contributed by atoms with Crippen LogP contribution in [0.15, 0.2) is 42.5 Å². The van der Waals surface area contributed by atoms with E-state index in [-0.39, 0.29) is 23.9 Å². The molecule has 33 heavy (non-hydrogen) atoms. The van der Waals surface area contributed by atoms with Gasteiger partial charge < -0.3 is 16.0 Å². The second-order valence-corrected chi connectivity index (χ2v) is 8.54. The highest BCUT2D eigenvalue weighted by Crippen LogP contribution is 2.35. The Bertz CT molecular complexity index is 998. The fourth-order valence-electron chi connectivity index (χ4n) is 4.32. The molecule has 0 bridgehead atoms. The second-order valence-electron chi connectivity index (χ2n) is 8.54. The van der Waals surface area contributed by atoms with Crippen LogP contribution in [0.4, 0.5) is 23.2 Å². The molecule has 3 rings (SSSR count). The van der Waals surface area contributed by atoms with Crippen molar-refractivity contribution in [3.63, 3.8) is 0 Å². The molecule has 9 heteroatoms. The van der Waals surface area contributed by atoms with Crippen LogP contribution in [0, 0.1) is 5.82 Å². The summed E-state index contributed by atoms with van der Waals surface area (Å²) in [5.74, 6) is -2.74. The summed E-state index contributed by atoms with van der Waals surface area (Å²) in [6, 6.07) is 11.6. The van der Waals surface area contributed by atoms with Crippen LogP contribution in [0.3, 0.4) is 0 Å². The molecule has 0 saturated heterocycles. The first kappa shape index (κ1) is 24.7. The van der Waals surface area contributed by atoms with Gasteiger partial charge in [-0.2, -0.15) is 13.2 Å². The summed E-state index contributed by atoms with van der Waals surface area (Å²) < 4.78 is 53.8. The fourth-order valence-corrected chi connectivity index (χ4v) is 4.32. The molecule has 0 atom stereocenters. The van der Waals surface area contributed by atoms with Crippen molar-refractivity contribution in [3.05, 3.63) is 53.8 Å². The lowest BCUT2D eigenvalue weighted by atomic mass is 9.75. The third-order valence-corrected chi connectivity index (χ3v) is 6.10. The van der Waals surface area contributed by atoms with Gasteiger partial charge in [-0.25, -0.2) is 4.39 Å². The van der Waals surface area contributed by atoms with Crippen molar-refractivity contribution >= 4 is 17.5 Å². The predicted octanol–water partition coefficient (Wildman–Crippen LogP) is 4.57. The summed E-state index contributed by atoms with van der Waals surface area (Å²) in [7, 11) is 1.78. The van der Waals surface area contributed by atoms with Crippen LogP contribution in [-0.2, 0) is 16.0 Å². The molecule has 3 N–H and O–H groups in total. The van der Waals surface area contributed by atoms with Crippen LogP contribution in [0.5, 0.6) is 0 Å². The van der Waals surface area contributed by atoms with E-state index in [0.717, 1.165) is 5.56 Å². The molecule has 0 unspecified atom stereocenters. The van der Waals surface area contributed by atoms with Crippen LogP contribution in [0.25, 0.3) is 11.1 Å². The summed E-state index contributed by atoms with van der Waals surface area (Å²) in [4.78, 5) is 23.0. The van der Waals surface area contributed by atoms with Gasteiger partial charge in [0, 0.05) is 24.2 Å². The minimum absolute atomic E-state index is 0.0467. The number of carbonyl (C=O) groups is 2. The maximum atomic E-state index is 14.7. The number of hydrogen-bond acceptors (Lipinski definition) is 3.